The van der Waals surface area contributed by atoms with Gasteiger partial charge in [0.2, 0.25) is 0 Å². The number of nitrogens with zero attached hydrogens (tertiary/aromatic N) is 2. The van der Waals surface area contributed by atoms with Crippen molar-refractivity contribution in [1.82, 2.24) is 15.2 Å². The van der Waals surface area contributed by atoms with Gasteiger partial charge in [-0.05, 0) is 13.8 Å². The van der Waals surface area contributed by atoms with Gasteiger partial charge >= 0.3 is 12.0 Å². The van der Waals surface area contributed by atoms with E-state index in [0.717, 1.165) is 4.88 Å². The maximum Gasteiger partial charge on any atom is 0.317 e. The van der Waals surface area contributed by atoms with Gasteiger partial charge in [-0.3, -0.25) is 9.78 Å². The van der Waals surface area contributed by atoms with Crippen LogP contribution in [0.4, 0.5) is 4.79 Å². The Morgan fingerprint density at radius 2 is 2.28 bits per heavy atom. The minimum Gasteiger partial charge on any atom is -0.481 e. The van der Waals surface area contributed by atoms with Gasteiger partial charge in [-0.1, -0.05) is 0 Å². The van der Waals surface area contributed by atoms with Crippen LogP contribution >= 0.6 is 11.3 Å². The van der Waals surface area contributed by atoms with Gasteiger partial charge in [0.1, 0.15) is 0 Å². The second kappa shape index (κ2) is 6.95. The standard InChI is InChI=1S/C11H17N3O3S/c1-8(2)14(4-3-10(15)16)11(17)13-6-9-5-12-7-18-9/h5,7-8H,3-4,6H2,1-2H3,(H,13,17)(H,15,16). The zero-order chi connectivity index (χ0) is 13.5. The van der Waals surface area contributed by atoms with E-state index in [-0.39, 0.29) is 25.0 Å². The summed E-state index contributed by atoms with van der Waals surface area (Å²) in [4.78, 5) is 28.8. The molecule has 0 radical (unpaired) electrons. The first-order valence-electron chi connectivity index (χ1n) is 5.64. The van der Waals surface area contributed by atoms with Gasteiger partial charge in [-0.2, -0.15) is 0 Å². The number of aliphatic carboxylic acids is 1. The molecule has 0 aliphatic heterocycles. The number of urea groups is 1. The molecule has 1 aromatic heterocycles. The summed E-state index contributed by atoms with van der Waals surface area (Å²) in [6, 6.07) is -0.287. The van der Waals surface area contributed by atoms with Crippen molar-refractivity contribution < 1.29 is 14.7 Å². The second-order valence-corrected chi connectivity index (χ2v) is 5.03. The van der Waals surface area contributed by atoms with Crippen LogP contribution < -0.4 is 5.32 Å². The molecule has 1 rings (SSSR count). The normalized spacial score (nSPS) is 10.4. The molecule has 2 amide bonds. The van der Waals surface area contributed by atoms with Crippen molar-refractivity contribution in [2.45, 2.75) is 32.9 Å². The molecule has 0 unspecified atom stereocenters. The molecular weight excluding hydrogens is 254 g/mol. The number of amides is 2. The molecule has 0 aliphatic carbocycles. The van der Waals surface area contributed by atoms with Crippen LogP contribution in [0.5, 0.6) is 0 Å². The lowest BCUT2D eigenvalue weighted by Crippen LogP contribution is -2.44. The third kappa shape index (κ3) is 4.70. The zero-order valence-corrected chi connectivity index (χ0v) is 11.2. The molecule has 0 saturated heterocycles. The van der Waals surface area contributed by atoms with Crippen LogP contribution in [0.2, 0.25) is 0 Å². The van der Waals surface area contributed by atoms with Crippen molar-refractivity contribution >= 4 is 23.3 Å². The van der Waals surface area contributed by atoms with Crippen LogP contribution in [0.1, 0.15) is 25.1 Å². The van der Waals surface area contributed by atoms with Gasteiger partial charge in [0.25, 0.3) is 0 Å². The summed E-state index contributed by atoms with van der Waals surface area (Å²) in [7, 11) is 0. The summed E-state index contributed by atoms with van der Waals surface area (Å²) in [5, 5.41) is 11.4. The number of aromatic nitrogens is 1. The van der Waals surface area contributed by atoms with Crippen LogP contribution in [-0.2, 0) is 11.3 Å². The molecule has 0 fully saturated rings. The first-order chi connectivity index (χ1) is 8.50. The van der Waals surface area contributed by atoms with Gasteiger partial charge in [0.15, 0.2) is 0 Å². The smallest absolute Gasteiger partial charge is 0.317 e. The van der Waals surface area contributed by atoms with E-state index in [4.69, 9.17) is 5.11 Å². The average molecular weight is 271 g/mol. The molecule has 18 heavy (non-hydrogen) atoms. The maximum atomic E-state index is 11.9. The molecule has 2 N–H and O–H groups in total. The highest BCUT2D eigenvalue weighted by atomic mass is 32.1. The molecule has 0 aliphatic rings. The molecular formula is C11H17N3O3S. The topological polar surface area (TPSA) is 82.5 Å². The number of hydrogen-bond acceptors (Lipinski definition) is 4. The van der Waals surface area contributed by atoms with Crippen LogP contribution in [-0.4, -0.2) is 39.6 Å². The van der Waals surface area contributed by atoms with E-state index in [2.05, 4.69) is 10.3 Å². The zero-order valence-electron chi connectivity index (χ0n) is 10.4. The molecule has 0 aromatic carbocycles. The predicted octanol–water partition coefficient (Wildman–Crippen LogP) is 1.54. The van der Waals surface area contributed by atoms with Crippen LogP contribution in [0.25, 0.3) is 0 Å². The lowest BCUT2D eigenvalue weighted by atomic mass is 10.3. The SMILES string of the molecule is CC(C)N(CCC(=O)O)C(=O)NCc1cncs1. The molecule has 100 valence electrons. The third-order valence-electron chi connectivity index (χ3n) is 2.35. The molecule has 0 atom stereocenters. The summed E-state index contributed by atoms with van der Waals surface area (Å²) < 4.78 is 0. The largest absolute Gasteiger partial charge is 0.481 e. The van der Waals surface area contributed by atoms with Gasteiger partial charge < -0.3 is 15.3 Å². The lowest BCUT2D eigenvalue weighted by Gasteiger charge is -2.26. The Bertz CT molecular complexity index is 392. The Balaban J connectivity index is 2.46. The Hall–Kier alpha value is -1.63. The van der Waals surface area contributed by atoms with Crippen LogP contribution in [0.15, 0.2) is 11.7 Å². The highest BCUT2D eigenvalue weighted by Crippen LogP contribution is 2.06. The van der Waals surface area contributed by atoms with Crippen molar-refractivity contribution in [2.24, 2.45) is 0 Å². The molecule has 6 nitrogen and oxygen atoms in total. The summed E-state index contributed by atoms with van der Waals surface area (Å²) in [6.45, 7) is 4.34. The number of carbonyl (C=O) groups excluding carboxylic acids is 1. The molecule has 0 spiro atoms. The fraction of sp³-hybridized carbons (Fsp3) is 0.545. The van der Waals surface area contributed by atoms with E-state index in [1.165, 1.54) is 16.2 Å². The first kappa shape index (κ1) is 14.4. The molecule has 0 saturated carbocycles. The van der Waals surface area contributed by atoms with Crippen molar-refractivity contribution in [3.8, 4) is 0 Å². The lowest BCUT2D eigenvalue weighted by molar-refractivity contribution is -0.137. The highest BCUT2D eigenvalue weighted by molar-refractivity contribution is 7.09. The fourth-order valence-corrected chi connectivity index (χ4v) is 1.94. The monoisotopic (exact) mass is 271 g/mol. The highest BCUT2D eigenvalue weighted by Gasteiger charge is 2.17. The van der Waals surface area contributed by atoms with Crippen molar-refractivity contribution in [2.75, 3.05) is 6.54 Å². The quantitative estimate of drug-likeness (QED) is 0.822. The summed E-state index contributed by atoms with van der Waals surface area (Å²) in [6.07, 6.45) is 1.65. The van der Waals surface area contributed by atoms with Crippen molar-refractivity contribution in [3.63, 3.8) is 0 Å². The predicted molar refractivity (Wildman–Crippen MR) is 68.4 cm³/mol. The van der Waals surface area contributed by atoms with E-state index in [9.17, 15) is 9.59 Å². The first-order valence-corrected chi connectivity index (χ1v) is 6.52. The Morgan fingerprint density at radius 3 is 2.78 bits per heavy atom. The number of carboxylic acids is 1. The minimum absolute atomic E-state index is 0.0363. The van der Waals surface area contributed by atoms with E-state index in [0.29, 0.717) is 6.54 Å². The maximum absolute atomic E-state index is 11.9. The molecule has 0 bridgehead atoms. The number of carbonyl (C=O) groups is 2. The average Bonchev–Trinajstić information content (AvgIpc) is 2.78. The Morgan fingerprint density at radius 1 is 1.56 bits per heavy atom. The molecule has 7 heteroatoms. The van der Waals surface area contributed by atoms with Crippen molar-refractivity contribution in [3.05, 3.63) is 16.6 Å². The van der Waals surface area contributed by atoms with E-state index in [1.54, 1.807) is 11.7 Å². The fourth-order valence-electron chi connectivity index (χ4n) is 1.40. The van der Waals surface area contributed by atoms with E-state index < -0.39 is 5.97 Å². The number of rotatable bonds is 6. The van der Waals surface area contributed by atoms with Crippen LogP contribution in [0.3, 0.4) is 0 Å². The number of nitrogens with one attached hydrogen (secondary N) is 1. The van der Waals surface area contributed by atoms with E-state index >= 15 is 0 Å². The molecule has 1 aromatic rings. The van der Waals surface area contributed by atoms with Gasteiger partial charge in [0, 0.05) is 23.7 Å². The van der Waals surface area contributed by atoms with Gasteiger partial charge in [0.05, 0.1) is 18.5 Å². The van der Waals surface area contributed by atoms with Gasteiger partial charge in [-0.25, -0.2) is 4.79 Å². The Labute approximate surface area is 110 Å². The third-order valence-corrected chi connectivity index (χ3v) is 3.13. The van der Waals surface area contributed by atoms with Gasteiger partial charge in [-0.15, -0.1) is 11.3 Å². The van der Waals surface area contributed by atoms with E-state index in [1.807, 2.05) is 13.8 Å². The summed E-state index contributed by atoms with van der Waals surface area (Å²) in [5.74, 6) is -0.907. The minimum atomic E-state index is -0.907. The van der Waals surface area contributed by atoms with Crippen LogP contribution in [0, 0.1) is 0 Å². The summed E-state index contributed by atoms with van der Waals surface area (Å²) >= 11 is 1.46. The number of thiazole rings is 1. The second-order valence-electron chi connectivity index (χ2n) is 4.06. The Kier molecular flexibility index (Phi) is 5.57. The van der Waals surface area contributed by atoms with Crippen molar-refractivity contribution in [1.29, 1.82) is 0 Å². The number of carboxylic acid groups (broad SMARTS) is 1. The summed E-state index contributed by atoms with van der Waals surface area (Å²) in [5.41, 5.74) is 1.70. The number of hydrogen-bond donors (Lipinski definition) is 2. The molecule has 1 heterocycles.